The first-order chi connectivity index (χ1) is 9.42. The van der Waals surface area contributed by atoms with Gasteiger partial charge < -0.3 is 15.3 Å². The fraction of sp³-hybridized carbons (Fsp3) is 0.615. The normalized spacial score (nSPS) is 22.6. The molecule has 1 unspecified atom stereocenters. The number of hydrogen-bond donors (Lipinski definition) is 3. The minimum atomic E-state index is -0.847. The van der Waals surface area contributed by atoms with Gasteiger partial charge in [0.05, 0.1) is 11.6 Å². The first-order valence-corrected chi connectivity index (χ1v) is 6.67. The number of carbonyl (C=O) groups excluding carboxylic acids is 1. The van der Waals surface area contributed by atoms with Gasteiger partial charge in [0.15, 0.2) is 0 Å². The Kier molecular flexibility index (Phi) is 3.96. The molecule has 0 aromatic carbocycles. The van der Waals surface area contributed by atoms with Crippen LogP contribution in [-0.4, -0.2) is 45.3 Å². The van der Waals surface area contributed by atoms with E-state index in [4.69, 9.17) is 0 Å². The molecule has 0 radical (unpaired) electrons. The lowest BCUT2D eigenvalue weighted by Crippen LogP contribution is -2.51. The summed E-state index contributed by atoms with van der Waals surface area (Å²) in [7, 11) is 0. The lowest BCUT2D eigenvalue weighted by Gasteiger charge is -2.37. The maximum absolute atomic E-state index is 12.1. The highest BCUT2D eigenvalue weighted by Gasteiger charge is 2.39. The molecular formula is C13H20N4O3. The van der Waals surface area contributed by atoms with Crippen LogP contribution in [0, 0.1) is 12.3 Å². The number of likely N-dealkylation sites (tertiary alicyclic amines) is 1. The molecule has 110 valence electrons. The Balaban J connectivity index is 1.92. The summed E-state index contributed by atoms with van der Waals surface area (Å²) < 4.78 is 0. The van der Waals surface area contributed by atoms with E-state index in [0.29, 0.717) is 25.9 Å². The Morgan fingerprint density at radius 2 is 2.35 bits per heavy atom. The zero-order valence-electron chi connectivity index (χ0n) is 11.8. The van der Waals surface area contributed by atoms with Gasteiger partial charge in [-0.15, -0.1) is 0 Å². The van der Waals surface area contributed by atoms with Gasteiger partial charge in [0.2, 0.25) is 0 Å². The summed E-state index contributed by atoms with van der Waals surface area (Å²) in [4.78, 5) is 24.9. The molecule has 1 aromatic rings. The molecule has 1 fully saturated rings. The number of aryl methyl sites for hydroxylation is 1. The van der Waals surface area contributed by atoms with Crippen LogP contribution >= 0.6 is 0 Å². The minimum Gasteiger partial charge on any atom is -0.481 e. The first kappa shape index (κ1) is 14.4. The summed E-state index contributed by atoms with van der Waals surface area (Å²) in [6, 6.07) is -0.224. The molecule has 0 aliphatic carbocycles. The molecule has 0 saturated carbocycles. The summed E-state index contributed by atoms with van der Waals surface area (Å²) in [5, 5.41) is 18.7. The Morgan fingerprint density at radius 3 is 2.95 bits per heavy atom. The van der Waals surface area contributed by atoms with Gasteiger partial charge in [0.1, 0.15) is 0 Å². The van der Waals surface area contributed by atoms with Crippen LogP contribution in [0.3, 0.4) is 0 Å². The average molecular weight is 280 g/mol. The number of aromatic amines is 1. The van der Waals surface area contributed by atoms with E-state index in [0.717, 1.165) is 11.3 Å². The molecule has 20 heavy (non-hydrogen) atoms. The lowest BCUT2D eigenvalue weighted by atomic mass is 9.82. The van der Waals surface area contributed by atoms with Crippen LogP contribution in [-0.2, 0) is 11.3 Å². The second kappa shape index (κ2) is 5.52. The number of hydrogen-bond acceptors (Lipinski definition) is 3. The number of aliphatic carboxylic acids is 1. The molecule has 1 aliphatic heterocycles. The second-order valence-corrected chi connectivity index (χ2v) is 5.57. The van der Waals surface area contributed by atoms with E-state index in [1.165, 1.54) is 0 Å². The summed E-state index contributed by atoms with van der Waals surface area (Å²) in [5.74, 6) is -0.847. The van der Waals surface area contributed by atoms with Gasteiger partial charge >= 0.3 is 12.0 Å². The number of nitrogens with zero attached hydrogens (tertiary/aromatic N) is 2. The van der Waals surface area contributed by atoms with Gasteiger partial charge in [-0.2, -0.15) is 5.10 Å². The average Bonchev–Trinajstić information content (AvgIpc) is 2.81. The van der Waals surface area contributed by atoms with Crippen molar-refractivity contribution in [2.24, 2.45) is 5.41 Å². The molecule has 0 spiro atoms. The maximum Gasteiger partial charge on any atom is 0.317 e. The largest absolute Gasteiger partial charge is 0.481 e. The molecule has 1 atom stereocenters. The molecule has 1 aromatic heterocycles. The van der Waals surface area contributed by atoms with Crippen LogP contribution in [0.25, 0.3) is 0 Å². The van der Waals surface area contributed by atoms with Crippen LogP contribution < -0.4 is 5.32 Å². The standard InChI is InChI=1S/C13H20N4O3/c1-9-10(7-15-16-9)6-14-12(20)17-5-3-4-13(2,8-17)11(18)19/h7H,3-6,8H2,1-2H3,(H,14,20)(H,15,16)(H,18,19). The molecule has 2 heterocycles. The predicted molar refractivity (Wildman–Crippen MR) is 72.1 cm³/mol. The van der Waals surface area contributed by atoms with Crippen molar-refractivity contribution in [1.29, 1.82) is 0 Å². The van der Waals surface area contributed by atoms with Gasteiger partial charge in [-0.05, 0) is 26.7 Å². The smallest absolute Gasteiger partial charge is 0.317 e. The fourth-order valence-electron chi connectivity index (χ4n) is 2.42. The Morgan fingerprint density at radius 1 is 1.60 bits per heavy atom. The molecule has 0 bridgehead atoms. The number of piperidine rings is 1. The zero-order chi connectivity index (χ0) is 14.8. The quantitative estimate of drug-likeness (QED) is 0.772. The van der Waals surface area contributed by atoms with Crippen LogP contribution in [0.1, 0.15) is 31.0 Å². The topological polar surface area (TPSA) is 98.3 Å². The van der Waals surface area contributed by atoms with E-state index in [1.54, 1.807) is 18.0 Å². The third-order valence-corrected chi connectivity index (χ3v) is 3.86. The minimum absolute atomic E-state index is 0.224. The van der Waals surface area contributed by atoms with Crippen molar-refractivity contribution < 1.29 is 14.7 Å². The number of amides is 2. The van der Waals surface area contributed by atoms with E-state index < -0.39 is 11.4 Å². The maximum atomic E-state index is 12.1. The van der Waals surface area contributed by atoms with E-state index in [2.05, 4.69) is 15.5 Å². The van der Waals surface area contributed by atoms with Crippen molar-refractivity contribution >= 4 is 12.0 Å². The molecule has 2 amide bonds. The van der Waals surface area contributed by atoms with Crippen molar-refractivity contribution in [3.63, 3.8) is 0 Å². The number of carboxylic acids is 1. The van der Waals surface area contributed by atoms with E-state index in [9.17, 15) is 14.7 Å². The van der Waals surface area contributed by atoms with Gasteiger partial charge in [-0.25, -0.2) is 4.79 Å². The second-order valence-electron chi connectivity index (χ2n) is 5.57. The number of nitrogens with one attached hydrogen (secondary N) is 2. The number of H-pyrrole nitrogens is 1. The summed E-state index contributed by atoms with van der Waals surface area (Å²) in [6.07, 6.45) is 2.99. The van der Waals surface area contributed by atoms with Crippen LogP contribution in [0.5, 0.6) is 0 Å². The Bertz CT molecular complexity index is 513. The molecule has 1 saturated heterocycles. The van der Waals surface area contributed by atoms with Crippen molar-refractivity contribution in [1.82, 2.24) is 20.4 Å². The first-order valence-electron chi connectivity index (χ1n) is 6.67. The number of carbonyl (C=O) groups is 2. The van der Waals surface area contributed by atoms with Crippen LogP contribution in [0.15, 0.2) is 6.20 Å². The predicted octanol–water partition coefficient (Wildman–Crippen LogP) is 1.11. The highest BCUT2D eigenvalue weighted by Crippen LogP contribution is 2.29. The third kappa shape index (κ3) is 2.92. The van der Waals surface area contributed by atoms with Gasteiger partial charge in [0, 0.05) is 30.9 Å². The number of aromatic nitrogens is 2. The molecular weight excluding hydrogens is 260 g/mol. The summed E-state index contributed by atoms with van der Waals surface area (Å²) in [6.45, 7) is 4.81. The van der Waals surface area contributed by atoms with E-state index >= 15 is 0 Å². The molecule has 1 aliphatic rings. The fourth-order valence-corrected chi connectivity index (χ4v) is 2.42. The van der Waals surface area contributed by atoms with Gasteiger partial charge in [-0.3, -0.25) is 9.89 Å². The highest BCUT2D eigenvalue weighted by atomic mass is 16.4. The van der Waals surface area contributed by atoms with Crippen LogP contribution in [0.4, 0.5) is 4.79 Å². The molecule has 7 heteroatoms. The van der Waals surface area contributed by atoms with Gasteiger partial charge in [0.25, 0.3) is 0 Å². The Labute approximate surface area is 117 Å². The monoisotopic (exact) mass is 280 g/mol. The van der Waals surface area contributed by atoms with E-state index in [-0.39, 0.29) is 12.6 Å². The molecule has 7 nitrogen and oxygen atoms in total. The Hall–Kier alpha value is -2.05. The number of rotatable bonds is 3. The van der Waals surface area contributed by atoms with Crippen LogP contribution in [0.2, 0.25) is 0 Å². The van der Waals surface area contributed by atoms with Gasteiger partial charge in [-0.1, -0.05) is 0 Å². The van der Waals surface area contributed by atoms with Crippen molar-refractivity contribution in [2.45, 2.75) is 33.2 Å². The number of urea groups is 1. The highest BCUT2D eigenvalue weighted by molar-refractivity contribution is 5.78. The molecule has 3 N–H and O–H groups in total. The summed E-state index contributed by atoms with van der Waals surface area (Å²) in [5.41, 5.74) is 0.997. The molecule has 2 rings (SSSR count). The van der Waals surface area contributed by atoms with E-state index in [1.807, 2.05) is 6.92 Å². The van der Waals surface area contributed by atoms with Crippen molar-refractivity contribution in [3.8, 4) is 0 Å². The third-order valence-electron chi connectivity index (χ3n) is 3.86. The summed E-state index contributed by atoms with van der Waals surface area (Å²) >= 11 is 0. The lowest BCUT2D eigenvalue weighted by molar-refractivity contribution is -0.150. The van der Waals surface area contributed by atoms with Crippen molar-refractivity contribution in [2.75, 3.05) is 13.1 Å². The zero-order valence-corrected chi connectivity index (χ0v) is 11.8. The SMILES string of the molecule is Cc1[nH]ncc1CNC(=O)N1CCCC(C)(C(=O)O)C1. The van der Waals surface area contributed by atoms with Crippen molar-refractivity contribution in [3.05, 3.63) is 17.5 Å². The number of carboxylic acid groups (broad SMARTS) is 1.